The molecule has 2 N–H and O–H groups in total. The molecule has 0 bridgehead atoms. The number of carbonyl (C=O) groups is 4. The maximum atomic E-state index is 12.8. The van der Waals surface area contributed by atoms with Crippen molar-refractivity contribution in [1.82, 2.24) is 10.2 Å². The quantitative estimate of drug-likeness (QED) is 0.575. The summed E-state index contributed by atoms with van der Waals surface area (Å²) < 4.78 is 4.91. The Kier molecular flexibility index (Phi) is 5.88. The molecule has 9 heteroatoms. The number of imide groups is 1. The first-order chi connectivity index (χ1) is 13.3. The van der Waals surface area contributed by atoms with Gasteiger partial charge in [-0.3, -0.25) is 19.3 Å². The Hall–Kier alpha value is -2.61. The summed E-state index contributed by atoms with van der Waals surface area (Å²) in [6, 6.07) is 5.93. The number of halogens is 1. The topological polar surface area (TPSA) is 105 Å². The van der Waals surface area contributed by atoms with Crippen molar-refractivity contribution >= 4 is 41.1 Å². The fourth-order valence-corrected chi connectivity index (χ4v) is 3.91. The van der Waals surface area contributed by atoms with Crippen molar-refractivity contribution in [2.75, 3.05) is 18.5 Å². The molecular formula is C19H22ClN3O5. The average molecular weight is 408 g/mol. The minimum Gasteiger partial charge on any atom is -0.454 e. The fraction of sp³-hybridized carbons (Fsp3) is 0.474. The van der Waals surface area contributed by atoms with Gasteiger partial charge in [-0.1, -0.05) is 37.4 Å². The molecule has 1 saturated heterocycles. The fourth-order valence-electron chi connectivity index (χ4n) is 3.72. The molecule has 2 atom stereocenters. The summed E-state index contributed by atoms with van der Waals surface area (Å²) in [4.78, 5) is 49.9. The van der Waals surface area contributed by atoms with E-state index < -0.39 is 42.5 Å². The summed E-state index contributed by atoms with van der Waals surface area (Å²) in [7, 11) is 0. The van der Waals surface area contributed by atoms with E-state index in [1.165, 1.54) is 0 Å². The van der Waals surface area contributed by atoms with Crippen LogP contribution in [0.2, 0.25) is 5.02 Å². The number of nitrogens with one attached hydrogen (secondary N) is 2. The molecule has 8 nitrogen and oxygen atoms in total. The maximum Gasteiger partial charge on any atom is 0.326 e. The van der Waals surface area contributed by atoms with Crippen molar-refractivity contribution in [3.8, 4) is 0 Å². The van der Waals surface area contributed by atoms with Crippen LogP contribution in [0.3, 0.4) is 0 Å². The van der Waals surface area contributed by atoms with E-state index in [9.17, 15) is 19.2 Å². The Morgan fingerprint density at radius 2 is 2.14 bits per heavy atom. The Bertz CT molecular complexity index is 815. The third-order valence-corrected chi connectivity index (χ3v) is 5.50. The smallest absolute Gasteiger partial charge is 0.326 e. The molecule has 2 aliphatic rings. The second kappa shape index (κ2) is 8.18. The molecule has 2 fully saturated rings. The van der Waals surface area contributed by atoms with Gasteiger partial charge in [0.2, 0.25) is 0 Å². The van der Waals surface area contributed by atoms with Crippen LogP contribution in [0, 0.1) is 5.92 Å². The van der Waals surface area contributed by atoms with E-state index in [2.05, 4.69) is 10.6 Å². The minimum absolute atomic E-state index is 0.00203. The highest BCUT2D eigenvalue weighted by Crippen LogP contribution is 2.38. The summed E-state index contributed by atoms with van der Waals surface area (Å²) in [5, 5.41) is 5.76. The van der Waals surface area contributed by atoms with Crippen molar-refractivity contribution < 1.29 is 23.9 Å². The van der Waals surface area contributed by atoms with E-state index in [1.807, 2.05) is 6.92 Å². The van der Waals surface area contributed by atoms with Gasteiger partial charge in [-0.25, -0.2) is 4.79 Å². The lowest BCUT2D eigenvalue weighted by molar-refractivity contribution is -0.150. The molecule has 1 aromatic carbocycles. The lowest BCUT2D eigenvalue weighted by atomic mass is 9.73. The predicted octanol–water partition coefficient (Wildman–Crippen LogP) is 2.32. The van der Waals surface area contributed by atoms with Crippen molar-refractivity contribution in [2.24, 2.45) is 5.92 Å². The molecule has 1 spiro atoms. The van der Waals surface area contributed by atoms with Crippen LogP contribution < -0.4 is 10.6 Å². The second-order valence-corrected chi connectivity index (χ2v) is 7.60. The van der Waals surface area contributed by atoms with Gasteiger partial charge >= 0.3 is 12.0 Å². The van der Waals surface area contributed by atoms with Gasteiger partial charge in [0.05, 0.1) is 0 Å². The molecule has 1 aromatic rings. The van der Waals surface area contributed by atoms with Crippen LogP contribution in [0.25, 0.3) is 0 Å². The van der Waals surface area contributed by atoms with Gasteiger partial charge in [0, 0.05) is 10.7 Å². The number of hydrogen-bond donors (Lipinski definition) is 2. The van der Waals surface area contributed by atoms with Crippen LogP contribution in [0.4, 0.5) is 10.5 Å². The third kappa shape index (κ3) is 4.11. The van der Waals surface area contributed by atoms with Gasteiger partial charge in [0.15, 0.2) is 6.61 Å². The zero-order valence-electron chi connectivity index (χ0n) is 15.5. The lowest BCUT2D eigenvalue weighted by Crippen LogP contribution is -2.54. The Labute approximate surface area is 167 Å². The molecule has 0 aromatic heterocycles. The second-order valence-electron chi connectivity index (χ2n) is 7.16. The number of benzene rings is 1. The van der Waals surface area contributed by atoms with Crippen molar-refractivity contribution in [2.45, 2.75) is 38.1 Å². The van der Waals surface area contributed by atoms with Gasteiger partial charge in [-0.15, -0.1) is 0 Å². The Balaban J connectivity index is 1.52. The SMILES string of the molecule is C[C@@H]1CCCC[C@@]12NC(=O)N(CC(=O)OCC(=O)Nc1cccc(Cl)c1)C2=O. The predicted molar refractivity (Wildman–Crippen MR) is 102 cm³/mol. The van der Waals surface area contributed by atoms with Crippen molar-refractivity contribution in [3.05, 3.63) is 29.3 Å². The first kappa shape index (κ1) is 20.1. The van der Waals surface area contributed by atoms with Crippen LogP contribution >= 0.6 is 11.6 Å². The summed E-state index contributed by atoms with van der Waals surface area (Å²) in [5.74, 6) is -1.78. The molecule has 150 valence electrons. The van der Waals surface area contributed by atoms with Crippen LogP contribution in [-0.4, -0.2) is 47.4 Å². The molecule has 0 unspecified atom stereocenters. The summed E-state index contributed by atoms with van der Waals surface area (Å²) >= 11 is 5.84. The lowest BCUT2D eigenvalue weighted by Gasteiger charge is -2.36. The zero-order valence-corrected chi connectivity index (χ0v) is 16.3. The molecule has 1 aliphatic carbocycles. The normalized spacial score (nSPS) is 24.2. The van der Waals surface area contributed by atoms with Gasteiger partial charge < -0.3 is 15.4 Å². The average Bonchev–Trinajstić information content (AvgIpc) is 2.88. The number of ether oxygens (including phenoxy) is 1. The van der Waals surface area contributed by atoms with E-state index in [0.29, 0.717) is 17.1 Å². The molecule has 1 aliphatic heterocycles. The van der Waals surface area contributed by atoms with Crippen LogP contribution in [0.1, 0.15) is 32.6 Å². The molecule has 28 heavy (non-hydrogen) atoms. The van der Waals surface area contributed by atoms with E-state index in [4.69, 9.17) is 16.3 Å². The number of carbonyl (C=O) groups excluding carboxylic acids is 4. The van der Waals surface area contributed by atoms with Crippen LogP contribution in [-0.2, 0) is 19.1 Å². The number of anilines is 1. The summed E-state index contributed by atoms with van der Waals surface area (Å²) in [6.45, 7) is 0.874. The van der Waals surface area contributed by atoms with Crippen LogP contribution in [0.5, 0.6) is 0 Å². The summed E-state index contributed by atoms with van der Waals surface area (Å²) in [6.07, 6.45) is 3.26. The number of urea groups is 1. The van der Waals surface area contributed by atoms with Crippen molar-refractivity contribution in [1.29, 1.82) is 0 Å². The number of nitrogens with zero attached hydrogens (tertiary/aromatic N) is 1. The first-order valence-electron chi connectivity index (χ1n) is 9.17. The number of amides is 4. The molecule has 4 amide bonds. The molecule has 1 heterocycles. The van der Waals surface area contributed by atoms with Gasteiger partial charge in [-0.2, -0.15) is 0 Å². The van der Waals surface area contributed by atoms with Crippen LogP contribution in [0.15, 0.2) is 24.3 Å². The largest absolute Gasteiger partial charge is 0.454 e. The standard InChI is InChI=1S/C19H22ClN3O5/c1-12-5-2-3-8-19(12)17(26)23(18(27)22-19)10-16(25)28-11-15(24)21-14-7-4-6-13(20)9-14/h4,6-7,9,12H,2-3,5,8,10-11H2,1H3,(H,21,24)(H,22,27)/t12-,19-/m1/s1. The Morgan fingerprint density at radius 1 is 1.36 bits per heavy atom. The minimum atomic E-state index is -0.931. The van der Waals surface area contributed by atoms with E-state index in [-0.39, 0.29) is 5.92 Å². The molecular weight excluding hydrogens is 386 g/mol. The maximum absolute atomic E-state index is 12.8. The Morgan fingerprint density at radius 3 is 2.86 bits per heavy atom. The first-order valence-corrected chi connectivity index (χ1v) is 9.55. The van der Waals surface area contributed by atoms with E-state index in [1.54, 1.807) is 24.3 Å². The highest BCUT2D eigenvalue weighted by Gasteiger charge is 2.55. The highest BCUT2D eigenvalue weighted by atomic mass is 35.5. The van der Waals surface area contributed by atoms with Crippen molar-refractivity contribution in [3.63, 3.8) is 0 Å². The van der Waals surface area contributed by atoms with E-state index >= 15 is 0 Å². The van der Waals surface area contributed by atoms with Gasteiger partial charge in [0.25, 0.3) is 11.8 Å². The monoisotopic (exact) mass is 407 g/mol. The van der Waals surface area contributed by atoms with Gasteiger partial charge in [-0.05, 0) is 37.0 Å². The number of hydrogen-bond acceptors (Lipinski definition) is 5. The number of rotatable bonds is 5. The molecule has 3 rings (SSSR count). The highest BCUT2D eigenvalue weighted by molar-refractivity contribution is 6.30. The molecule has 0 radical (unpaired) electrons. The van der Waals surface area contributed by atoms with Gasteiger partial charge in [0.1, 0.15) is 12.1 Å². The zero-order chi connectivity index (χ0) is 20.3. The third-order valence-electron chi connectivity index (χ3n) is 5.26. The number of esters is 1. The summed E-state index contributed by atoms with van der Waals surface area (Å²) in [5.41, 5.74) is -0.463. The van der Waals surface area contributed by atoms with E-state index in [0.717, 1.165) is 24.2 Å². The molecule has 1 saturated carbocycles.